The van der Waals surface area contributed by atoms with Crippen molar-refractivity contribution in [3.63, 3.8) is 0 Å². The second kappa shape index (κ2) is 4.75. The first kappa shape index (κ1) is 12.9. The summed E-state index contributed by atoms with van der Waals surface area (Å²) < 4.78 is 5.67. The highest BCUT2D eigenvalue weighted by Crippen LogP contribution is 2.31. The number of hydrogen-bond donors (Lipinski definition) is 1. The van der Waals surface area contributed by atoms with E-state index in [0.29, 0.717) is 17.1 Å². The van der Waals surface area contributed by atoms with Gasteiger partial charge in [0.05, 0.1) is 4.92 Å². The number of rotatable bonds is 2. The molecule has 2 aromatic rings. The van der Waals surface area contributed by atoms with Gasteiger partial charge in [0.25, 0.3) is 11.7 Å². The lowest BCUT2D eigenvalue weighted by Gasteiger charge is -2.35. The Balaban J connectivity index is 2.01. The van der Waals surface area contributed by atoms with E-state index in [1.165, 1.54) is 6.07 Å². The SMILES string of the molecule is CC1CC(N)CCN1c1nc2c([N+](=O)[O-])cccc2o1. The number of fused-ring (bicyclic) bond motifs is 1. The van der Waals surface area contributed by atoms with Crippen LogP contribution in [0.4, 0.5) is 11.7 Å². The average Bonchev–Trinajstić information content (AvgIpc) is 2.81. The molecular weight excluding hydrogens is 260 g/mol. The molecule has 1 fully saturated rings. The number of anilines is 1. The number of nitrogens with two attached hydrogens (primary N) is 1. The molecule has 2 heterocycles. The number of benzene rings is 1. The highest BCUT2D eigenvalue weighted by Gasteiger charge is 2.28. The maximum Gasteiger partial charge on any atom is 0.298 e. The van der Waals surface area contributed by atoms with Crippen LogP contribution < -0.4 is 10.6 Å². The molecule has 1 saturated heterocycles. The first-order chi connectivity index (χ1) is 9.56. The van der Waals surface area contributed by atoms with Gasteiger partial charge in [-0.15, -0.1) is 0 Å². The molecule has 0 aliphatic carbocycles. The van der Waals surface area contributed by atoms with Gasteiger partial charge in [0, 0.05) is 24.7 Å². The molecular formula is C13H16N4O3. The molecule has 2 N–H and O–H groups in total. The van der Waals surface area contributed by atoms with E-state index in [-0.39, 0.29) is 17.8 Å². The Morgan fingerprint density at radius 1 is 1.55 bits per heavy atom. The summed E-state index contributed by atoms with van der Waals surface area (Å²) in [5.74, 6) is 0. The van der Waals surface area contributed by atoms with Crippen molar-refractivity contribution in [1.29, 1.82) is 0 Å². The number of nitro benzene ring substituents is 1. The van der Waals surface area contributed by atoms with Gasteiger partial charge in [0.2, 0.25) is 0 Å². The zero-order chi connectivity index (χ0) is 14.3. The monoisotopic (exact) mass is 276 g/mol. The maximum atomic E-state index is 11.0. The minimum atomic E-state index is -0.440. The van der Waals surface area contributed by atoms with Gasteiger partial charge in [-0.1, -0.05) is 6.07 Å². The van der Waals surface area contributed by atoms with Crippen LogP contribution in [0.3, 0.4) is 0 Å². The second-order valence-corrected chi connectivity index (χ2v) is 5.20. The molecule has 1 aromatic carbocycles. The van der Waals surface area contributed by atoms with E-state index in [9.17, 15) is 10.1 Å². The fourth-order valence-electron chi connectivity index (χ4n) is 2.69. The maximum absolute atomic E-state index is 11.0. The van der Waals surface area contributed by atoms with E-state index in [4.69, 9.17) is 10.2 Å². The minimum absolute atomic E-state index is 0.0288. The van der Waals surface area contributed by atoms with Gasteiger partial charge in [-0.25, -0.2) is 0 Å². The first-order valence-corrected chi connectivity index (χ1v) is 6.62. The summed E-state index contributed by atoms with van der Waals surface area (Å²) in [7, 11) is 0. The number of non-ortho nitro benzene ring substituents is 1. The Morgan fingerprint density at radius 3 is 3.05 bits per heavy atom. The highest BCUT2D eigenvalue weighted by molar-refractivity contribution is 5.84. The van der Waals surface area contributed by atoms with Crippen LogP contribution in [0.15, 0.2) is 22.6 Å². The summed E-state index contributed by atoms with van der Waals surface area (Å²) in [6.07, 6.45) is 1.73. The lowest BCUT2D eigenvalue weighted by atomic mass is 10.00. The highest BCUT2D eigenvalue weighted by atomic mass is 16.6. The molecule has 0 radical (unpaired) electrons. The van der Waals surface area contributed by atoms with Crippen LogP contribution in [-0.2, 0) is 0 Å². The smallest absolute Gasteiger partial charge is 0.298 e. The Morgan fingerprint density at radius 2 is 2.35 bits per heavy atom. The van der Waals surface area contributed by atoms with Crippen LogP contribution in [0.2, 0.25) is 0 Å². The van der Waals surface area contributed by atoms with E-state index in [2.05, 4.69) is 11.9 Å². The third-order valence-corrected chi connectivity index (χ3v) is 3.75. The number of nitrogens with zero attached hydrogens (tertiary/aromatic N) is 3. The Hall–Kier alpha value is -2.15. The van der Waals surface area contributed by atoms with Gasteiger partial charge < -0.3 is 15.1 Å². The molecule has 0 amide bonds. The Bertz CT molecular complexity index is 654. The molecule has 1 aliphatic heterocycles. The number of oxazole rings is 1. The standard InChI is InChI=1S/C13H16N4O3/c1-8-7-9(14)5-6-16(8)13-15-12-10(17(18)19)3-2-4-11(12)20-13/h2-4,8-9H,5-7,14H2,1H3. The number of nitro groups is 1. The van der Waals surface area contributed by atoms with Gasteiger partial charge in [-0.05, 0) is 25.8 Å². The topological polar surface area (TPSA) is 98.4 Å². The molecule has 20 heavy (non-hydrogen) atoms. The summed E-state index contributed by atoms with van der Waals surface area (Å²) in [6.45, 7) is 2.81. The molecule has 7 nitrogen and oxygen atoms in total. The van der Waals surface area contributed by atoms with Crippen LogP contribution >= 0.6 is 0 Å². The summed E-state index contributed by atoms with van der Waals surface area (Å²) >= 11 is 0. The number of para-hydroxylation sites is 1. The first-order valence-electron chi connectivity index (χ1n) is 6.62. The molecule has 106 valence electrons. The van der Waals surface area contributed by atoms with Gasteiger partial charge in [0.1, 0.15) is 0 Å². The van der Waals surface area contributed by atoms with Crippen molar-refractivity contribution >= 4 is 22.8 Å². The number of hydrogen-bond acceptors (Lipinski definition) is 6. The quantitative estimate of drug-likeness (QED) is 0.665. The summed E-state index contributed by atoms with van der Waals surface area (Å²) in [5.41, 5.74) is 6.65. The fourth-order valence-corrected chi connectivity index (χ4v) is 2.69. The van der Waals surface area contributed by atoms with E-state index in [1.54, 1.807) is 12.1 Å². The zero-order valence-corrected chi connectivity index (χ0v) is 11.2. The van der Waals surface area contributed by atoms with Crippen molar-refractivity contribution < 1.29 is 9.34 Å². The lowest BCUT2D eigenvalue weighted by Crippen LogP contribution is -2.45. The zero-order valence-electron chi connectivity index (χ0n) is 11.2. The van der Waals surface area contributed by atoms with Gasteiger partial charge in [-0.3, -0.25) is 10.1 Å². The van der Waals surface area contributed by atoms with Crippen molar-refractivity contribution in [1.82, 2.24) is 4.98 Å². The van der Waals surface area contributed by atoms with E-state index in [1.807, 2.05) is 4.90 Å². The molecule has 0 spiro atoms. The summed E-state index contributed by atoms with van der Waals surface area (Å²) in [6, 6.07) is 5.58. The van der Waals surface area contributed by atoms with Gasteiger partial charge in [0.15, 0.2) is 11.1 Å². The second-order valence-electron chi connectivity index (χ2n) is 5.20. The van der Waals surface area contributed by atoms with Crippen LogP contribution in [0.1, 0.15) is 19.8 Å². The molecule has 1 aromatic heterocycles. The van der Waals surface area contributed by atoms with Crippen molar-refractivity contribution in [2.24, 2.45) is 5.73 Å². The van der Waals surface area contributed by atoms with E-state index in [0.717, 1.165) is 19.4 Å². The molecule has 2 atom stereocenters. The number of aromatic nitrogens is 1. The third-order valence-electron chi connectivity index (χ3n) is 3.75. The van der Waals surface area contributed by atoms with Crippen LogP contribution in [-0.4, -0.2) is 28.5 Å². The van der Waals surface area contributed by atoms with Gasteiger partial charge in [-0.2, -0.15) is 4.98 Å². The van der Waals surface area contributed by atoms with Crippen LogP contribution in [0.25, 0.3) is 11.1 Å². The van der Waals surface area contributed by atoms with Gasteiger partial charge >= 0.3 is 0 Å². The van der Waals surface area contributed by atoms with Crippen molar-refractivity contribution in [2.75, 3.05) is 11.4 Å². The van der Waals surface area contributed by atoms with Crippen molar-refractivity contribution in [3.8, 4) is 0 Å². The van der Waals surface area contributed by atoms with Crippen LogP contribution in [0.5, 0.6) is 0 Å². The van der Waals surface area contributed by atoms with Crippen molar-refractivity contribution in [2.45, 2.75) is 31.8 Å². The predicted molar refractivity (Wildman–Crippen MR) is 74.7 cm³/mol. The molecule has 3 rings (SSSR count). The van der Waals surface area contributed by atoms with Crippen molar-refractivity contribution in [3.05, 3.63) is 28.3 Å². The number of piperidine rings is 1. The average molecular weight is 276 g/mol. The normalized spacial score (nSPS) is 23.2. The predicted octanol–water partition coefficient (Wildman–Crippen LogP) is 2.05. The molecule has 0 saturated carbocycles. The third kappa shape index (κ3) is 2.09. The fraction of sp³-hybridized carbons (Fsp3) is 0.462. The summed E-state index contributed by atoms with van der Waals surface area (Å²) in [5, 5.41) is 11.0. The molecule has 2 unspecified atom stereocenters. The Kier molecular flexibility index (Phi) is 3.06. The van der Waals surface area contributed by atoms with Crippen LogP contribution in [0, 0.1) is 10.1 Å². The minimum Gasteiger partial charge on any atom is -0.423 e. The largest absolute Gasteiger partial charge is 0.423 e. The summed E-state index contributed by atoms with van der Waals surface area (Å²) in [4.78, 5) is 16.9. The Labute approximate surface area is 115 Å². The molecule has 7 heteroatoms. The van der Waals surface area contributed by atoms with E-state index >= 15 is 0 Å². The lowest BCUT2D eigenvalue weighted by molar-refractivity contribution is -0.383. The molecule has 1 aliphatic rings. The van der Waals surface area contributed by atoms with E-state index < -0.39 is 4.92 Å². The molecule has 0 bridgehead atoms.